The zero-order valence-electron chi connectivity index (χ0n) is 15.2. The van der Waals surface area contributed by atoms with Gasteiger partial charge in [-0.05, 0) is 42.3 Å². The number of hydrogen-bond donors (Lipinski definition) is 2. The molecule has 28 heavy (non-hydrogen) atoms. The summed E-state index contributed by atoms with van der Waals surface area (Å²) in [7, 11) is -3.62. The van der Waals surface area contributed by atoms with Crippen molar-refractivity contribution in [3.8, 4) is 0 Å². The highest BCUT2D eigenvalue weighted by Crippen LogP contribution is 2.20. The van der Waals surface area contributed by atoms with Crippen molar-refractivity contribution in [2.24, 2.45) is 0 Å². The van der Waals surface area contributed by atoms with Crippen LogP contribution in [0, 0.1) is 0 Å². The van der Waals surface area contributed by atoms with Crippen LogP contribution < -0.4 is 9.62 Å². The van der Waals surface area contributed by atoms with Gasteiger partial charge in [-0.25, -0.2) is 13.1 Å². The predicted octanol–water partition coefficient (Wildman–Crippen LogP) is 2.05. The number of carbonyl (C=O) groups is 1. The van der Waals surface area contributed by atoms with E-state index in [0.717, 1.165) is 16.5 Å². The Morgan fingerprint density at radius 2 is 1.89 bits per heavy atom. The number of amides is 1. The molecule has 0 aliphatic carbocycles. The number of carbonyl (C=O) groups excluding carboxylic acids is 1. The first-order valence-electron chi connectivity index (χ1n) is 9.07. The number of hydrogen-bond acceptors (Lipinski definition) is 4. The van der Waals surface area contributed by atoms with E-state index in [1.807, 2.05) is 30.5 Å². The van der Waals surface area contributed by atoms with Crippen LogP contribution in [0.2, 0.25) is 0 Å². The fourth-order valence-electron chi connectivity index (χ4n) is 3.34. The van der Waals surface area contributed by atoms with E-state index in [1.165, 1.54) is 12.1 Å². The van der Waals surface area contributed by atoms with E-state index in [1.54, 1.807) is 17.0 Å². The van der Waals surface area contributed by atoms with E-state index in [2.05, 4.69) is 9.71 Å². The number of sulfonamides is 1. The molecule has 3 aromatic rings. The molecule has 1 aliphatic heterocycles. The molecule has 4 rings (SSSR count). The van der Waals surface area contributed by atoms with E-state index >= 15 is 0 Å². The lowest BCUT2D eigenvalue weighted by atomic mass is 10.1. The molecule has 146 valence electrons. The van der Waals surface area contributed by atoms with Crippen LogP contribution in [0.3, 0.4) is 0 Å². The summed E-state index contributed by atoms with van der Waals surface area (Å²) in [5.41, 5.74) is 2.78. The molecule has 0 unspecified atom stereocenters. The Morgan fingerprint density at radius 3 is 2.68 bits per heavy atom. The number of nitrogens with one attached hydrogen (secondary N) is 2. The first-order valence-corrected chi connectivity index (χ1v) is 10.6. The van der Waals surface area contributed by atoms with Gasteiger partial charge in [-0.15, -0.1) is 0 Å². The number of fused-ring (bicyclic) bond motifs is 1. The van der Waals surface area contributed by atoms with Crippen LogP contribution in [0.15, 0.2) is 59.6 Å². The maximum atomic E-state index is 12.6. The minimum Gasteiger partial charge on any atom is -0.370 e. The highest BCUT2D eigenvalue weighted by Gasteiger charge is 2.21. The van der Waals surface area contributed by atoms with Gasteiger partial charge in [-0.2, -0.15) is 0 Å². The van der Waals surface area contributed by atoms with Crippen LogP contribution >= 0.6 is 0 Å². The molecule has 1 aromatic heterocycles. The average molecular weight is 399 g/mol. The normalized spacial score (nSPS) is 15.3. The Labute approximate surface area is 163 Å². The molecule has 7 nitrogen and oxygen atoms in total. The topological polar surface area (TPSA) is 91.5 Å². The van der Waals surface area contributed by atoms with Crippen LogP contribution in [0.4, 0.5) is 5.69 Å². The number of anilines is 1. The Kier molecular flexibility index (Phi) is 5.17. The van der Waals surface area contributed by atoms with Crippen LogP contribution in [0.25, 0.3) is 10.9 Å². The summed E-state index contributed by atoms with van der Waals surface area (Å²) >= 11 is 0. The number of rotatable bonds is 6. The van der Waals surface area contributed by atoms with Crippen molar-refractivity contribution in [3.05, 3.63) is 60.3 Å². The first-order chi connectivity index (χ1) is 13.5. The second-order valence-corrected chi connectivity index (χ2v) is 8.37. The van der Waals surface area contributed by atoms with E-state index < -0.39 is 10.0 Å². The quantitative estimate of drug-likeness (QED) is 0.664. The van der Waals surface area contributed by atoms with Crippen molar-refractivity contribution in [1.82, 2.24) is 9.71 Å². The van der Waals surface area contributed by atoms with Gasteiger partial charge >= 0.3 is 0 Å². The summed E-state index contributed by atoms with van der Waals surface area (Å²) in [6.07, 6.45) is 2.50. The van der Waals surface area contributed by atoms with Gasteiger partial charge in [-0.3, -0.25) is 4.79 Å². The monoisotopic (exact) mass is 399 g/mol. The lowest BCUT2D eigenvalue weighted by molar-refractivity contribution is -0.125. The maximum Gasteiger partial charge on any atom is 0.253 e. The second kappa shape index (κ2) is 7.75. The van der Waals surface area contributed by atoms with E-state index in [9.17, 15) is 13.2 Å². The van der Waals surface area contributed by atoms with Crippen LogP contribution in [-0.4, -0.2) is 45.6 Å². The molecule has 0 radical (unpaired) electrons. The third kappa shape index (κ3) is 3.80. The molecule has 1 saturated heterocycles. The van der Waals surface area contributed by atoms with E-state index in [0.29, 0.717) is 31.8 Å². The van der Waals surface area contributed by atoms with Crippen molar-refractivity contribution in [2.45, 2.75) is 11.3 Å². The Morgan fingerprint density at radius 1 is 1.11 bits per heavy atom. The minimum absolute atomic E-state index is 0.0510. The summed E-state index contributed by atoms with van der Waals surface area (Å²) in [6, 6.07) is 14.3. The fourth-order valence-corrected chi connectivity index (χ4v) is 4.37. The summed E-state index contributed by atoms with van der Waals surface area (Å²) in [5.74, 6) is -0.126. The first kappa shape index (κ1) is 18.7. The van der Waals surface area contributed by atoms with Gasteiger partial charge in [0.15, 0.2) is 0 Å². The number of para-hydroxylation sites is 1. The largest absolute Gasteiger partial charge is 0.370 e. The van der Waals surface area contributed by atoms with Crippen LogP contribution in [-0.2, 0) is 26.0 Å². The lowest BCUT2D eigenvalue weighted by Gasteiger charge is -2.26. The predicted molar refractivity (Wildman–Crippen MR) is 107 cm³/mol. The molecule has 0 spiro atoms. The number of morpholine rings is 1. The number of ether oxygens (including phenoxy) is 1. The maximum absolute atomic E-state index is 12.6. The van der Waals surface area contributed by atoms with Gasteiger partial charge in [-0.1, -0.05) is 18.2 Å². The molecule has 8 heteroatoms. The fraction of sp³-hybridized carbons (Fsp3) is 0.250. The molecule has 0 bridgehead atoms. The van der Waals surface area contributed by atoms with Crippen molar-refractivity contribution < 1.29 is 17.9 Å². The Hall–Kier alpha value is -2.68. The molecule has 2 heterocycles. The lowest BCUT2D eigenvalue weighted by Crippen LogP contribution is -2.41. The summed E-state index contributed by atoms with van der Waals surface area (Å²) in [5, 5.41) is 1.10. The summed E-state index contributed by atoms with van der Waals surface area (Å²) < 4.78 is 32.9. The number of aromatic nitrogens is 1. The van der Waals surface area contributed by atoms with Crippen LogP contribution in [0.1, 0.15) is 5.56 Å². The van der Waals surface area contributed by atoms with Gasteiger partial charge in [0.25, 0.3) is 5.91 Å². The molecule has 2 N–H and O–H groups in total. The smallest absolute Gasteiger partial charge is 0.253 e. The molecule has 2 aromatic carbocycles. The molecule has 1 fully saturated rings. The average Bonchev–Trinajstić information content (AvgIpc) is 3.12. The number of H-pyrrole nitrogens is 1. The SMILES string of the molecule is O=C1COCCN1c1ccc(S(=O)(=O)NCCc2c[nH]c3ccccc23)cc1. The minimum atomic E-state index is -3.62. The third-order valence-corrected chi connectivity index (χ3v) is 6.28. The zero-order chi connectivity index (χ0) is 19.6. The molecule has 0 atom stereocenters. The molecular weight excluding hydrogens is 378 g/mol. The Balaban J connectivity index is 1.41. The van der Waals surface area contributed by atoms with Crippen molar-refractivity contribution in [2.75, 3.05) is 31.2 Å². The van der Waals surface area contributed by atoms with Gasteiger partial charge in [0, 0.05) is 35.9 Å². The highest BCUT2D eigenvalue weighted by molar-refractivity contribution is 7.89. The van der Waals surface area contributed by atoms with Gasteiger partial charge < -0.3 is 14.6 Å². The van der Waals surface area contributed by atoms with Crippen molar-refractivity contribution >= 4 is 32.5 Å². The summed E-state index contributed by atoms with van der Waals surface area (Å²) in [6.45, 7) is 1.29. The highest BCUT2D eigenvalue weighted by atomic mass is 32.2. The number of nitrogens with zero attached hydrogens (tertiary/aromatic N) is 1. The molecule has 1 amide bonds. The molecule has 1 aliphatic rings. The number of aromatic amines is 1. The summed E-state index contributed by atoms with van der Waals surface area (Å²) in [4.78, 5) is 16.9. The van der Waals surface area contributed by atoms with Crippen molar-refractivity contribution in [3.63, 3.8) is 0 Å². The second-order valence-electron chi connectivity index (χ2n) is 6.60. The standard InChI is InChI=1S/C20H21N3O4S/c24-20-14-27-12-11-23(20)16-5-7-17(8-6-16)28(25,26)22-10-9-15-13-21-19-4-2-1-3-18(15)19/h1-8,13,21-22H,9-12,14H2. The zero-order valence-corrected chi connectivity index (χ0v) is 16.0. The van der Waals surface area contributed by atoms with Gasteiger partial charge in [0.05, 0.1) is 11.5 Å². The van der Waals surface area contributed by atoms with Crippen molar-refractivity contribution in [1.29, 1.82) is 0 Å². The van der Waals surface area contributed by atoms with Gasteiger partial charge in [0.2, 0.25) is 10.0 Å². The Bertz CT molecular complexity index is 1090. The molecule has 0 saturated carbocycles. The van der Waals surface area contributed by atoms with Crippen LogP contribution in [0.5, 0.6) is 0 Å². The van der Waals surface area contributed by atoms with E-state index in [4.69, 9.17) is 4.74 Å². The third-order valence-electron chi connectivity index (χ3n) is 4.81. The number of benzene rings is 2. The van der Waals surface area contributed by atoms with Gasteiger partial charge in [0.1, 0.15) is 6.61 Å². The molecular formula is C20H21N3O4S. The van der Waals surface area contributed by atoms with E-state index in [-0.39, 0.29) is 17.4 Å².